The van der Waals surface area contributed by atoms with E-state index in [1.165, 1.54) is 11.1 Å². The highest BCUT2D eigenvalue weighted by atomic mass is 16.5. The quantitative estimate of drug-likeness (QED) is 0.936. The molecule has 3 rings (SSSR count). The average Bonchev–Trinajstić information content (AvgIpc) is 2.54. The Morgan fingerprint density at radius 3 is 2.71 bits per heavy atom. The Morgan fingerprint density at radius 2 is 1.95 bits per heavy atom. The van der Waals surface area contributed by atoms with Gasteiger partial charge in [0.15, 0.2) is 0 Å². The molecule has 1 heterocycles. The van der Waals surface area contributed by atoms with Crippen LogP contribution < -0.4 is 4.74 Å². The van der Waals surface area contributed by atoms with E-state index in [2.05, 4.69) is 29.2 Å². The molecule has 0 atom stereocenters. The number of fused-ring (bicyclic) bond motifs is 1. The van der Waals surface area contributed by atoms with Crippen LogP contribution in [-0.4, -0.2) is 23.7 Å². The predicted octanol–water partition coefficient (Wildman–Crippen LogP) is 2.75. The molecule has 110 valence electrons. The van der Waals surface area contributed by atoms with Crippen molar-refractivity contribution in [1.82, 2.24) is 4.90 Å². The van der Waals surface area contributed by atoms with Crippen molar-refractivity contribution in [2.75, 3.05) is 13.7 Å². The van der Waals surface area contributed by atoms with E-state index in [0.717, 1.165) is 42.9 Å². The number of aliphatic hydroxyl groups is 1. The maximum atomic E-state index is 9.31. The zero-order valence-corrected chi connectivity index (χ0v) is 12.4. The number of hydrogen-bond donors (Lipinski definition) is 1. The molecule has 0 spiro atoms. The molecule has 0 unspecified atom stereocenters. The number of rotatable bonds is 4. The molecule has 2 aromatic rings. The van der Waals surface area contributed by atoms with Gasteiger partial charge in [-0.05, 0) is 35.2 Å². The highest BCUT2D eigenvalue weighted by Crippen LogP contribution is 2.25. The lowest BCUT2D eigenvalue weighted by atomic mass is 9.99. The van der Waals surface area contributed by atoms with Crippen LogP contribution in [0, 0.1) is 0 Å². The Kier molecular flexibility index (Phi) is 4.23. The fraction of sp³-hybridized carbons (Fsp3) is 0.333. The molecule has 0 fully saturated rings. The molecule has 21 heavy (non-hydrogen) atoms. The Balaban J connectivity index is 1.78. The Morgan fingerprint density at radius 1 is 1.14 bits per heavy atom. The molecule has 0 aliphatic carbocycles. The first-order valence-corrected chi connectivity index (χ1v) is 7.36. The van der Waals surface area contributed by atoms with E-state index in [4.69, 9.17) is 4.74 Å². The molecule has 3 heteroatoms. The van der Waals surface area contributed by atoms with Gasteiger partial charge in [-0.1, -0.05) is 30.3 Å². The van der Waals surface area contributed by atoms with Gasteiger partial charge >= 0.3 is 0 Å². The molecule has 1 N–H and O–H groups in total. The first-order chi connectivity index (χ1) is 10.3. The molecule has 1 aliphatic rings. The van der Waals surface area contributed by atoms with E-state index in [0.29, 0.717) is 0 Å². The van der Waals surface area contributed by atoms with Crippen LogP contribution in [0.1, 0.15) is 22.3 Å². The van der Waals surface area contributed by atoms with E-state index in [9.17, 15) is 5.11 Å². The molecule has 0 saturated heterocycles. The van der Waals surface area contributed by atoms with Gasteiger partial charge in [0.05, 0.1) is 13.7 Å². The minimum atomic E-state index is 0.0693. The van der Waals surface area contributed by atoms with Crippen LogP contribution in [0.5, 0.6) is 5.75 Å². The van der Waals surface area contributed by atoms with E-state index < -0.39 is 0 Å². The van der Waals surface area contributed by atoms with Gasteiger partial charge in [0.2, 0.25) is 0 Å². The summed E-state index contributed by atoms with van der Waals surface area (Å²) >= 11 is 0. The van der Waals surface area contributed by atoms with Gasteiger partial charge in [-0.25, -0.2) is 0 Å². The maximum Gasteiger partial charge on any atom is 0.123 e. The lowest BCUT2D eigenvalue weighted by Gasteiger charge is -2.29. The van der Waals surface area contributed by atoms with Crippen molar-refractivity contribution in [2.24, 2.45) is 0 Å². The zero-order valence-electron chi connectivity index (χ0n) is 12.4. The zero-order chi connectivity index (χ0) is 14.7. The minimum Gasteiger partial charge on any atom is -0.496 e. The van der Waals surface area contributed by atoms with Gasteiger partial charge in [0.25, 0.3) is 0 Å². The van der Waals surface area contributed by atoms with Gasteiger partial charge in [0.1, 0.15) is 5.75 Å². The smallest absolute Gasteiger partial charge is 0.123 e. The Labute approximate surface area is 125 Å². The Bertz CT molecular complexity index is 624. The molecule has 1 aliphatic heterocycles. The van der Waals surface area contributed by atoms with Gasteiger partial charge in [-0.15, -0.1) is 0 Å². The Hall–Kier alpha value is -1.84. The highest BCUT2D eigenvalue weighted by Gasteiger charge is 2.17. The molecule has 0 radical (unpaired) electrons. The standard InChI is InChI=1S/C18H21NO2/c1-21-18-7-6-14(13-20)10-17(18)12-19-9-8-15-4-2-3-5-16(15)11-19/h2-7,10,20H,8-9,11-13H2,1H3. The molecule has 0 saturated carbocycles. The third-order valence-electron chi connectivity index (χ3n) is 4.13. The van der Waals surface area contributed by atoms with E-state index in [-0.39, 0.29) is 6.61 Å². The van der Waals surface area contributed by atoms with Crippen LogP contribution in [0.25, 0.3) is 0 Å². The number of ether oxygens (including phenoxy) is 1. The van der Waals surface area contributed by atoms with Crippen LogP contribution in [0.4, 0.5) is 0 Å². The van der Waals surface area contributed by atoms with Crippen molar-refractivity contribution in [2.45, 2.75) is 26.1 Å². The lowest BCUT2D eigenvalue weighted by molar-refractivity contribution is 0.241. The summed E-state index contributed by atoms with van der Waals surface area (Å²) in [5.74, 6) is 0.894. The summed E-state index contributed by atoms with van der Waals surface area (Å²) < 4.78 is 5.45. The maximum absolute atomic E-state index is 9.31. The molecule has 0 bridgehead atoms. The van der Waals surface area contributed by atoms with Crippen LogP contribution in [0.3, 0.4) is 0 Å². The fourth-order valence-corrected chi connectivity index (χ4v) is 2.98. The molecular formula is C18H21NO2. The first kappa shape index (κ1) is 14.1. The van der Waals surface area contributed by atoms with E-state index in [1.54, 1.807) is 7.11 Å². The van der Waals surface area contributed by atoms with Crippen molar-refractivity contribution in [3.8, 4) is 5.75 Å². The second-order valence-corrected chi connectivity index (χ2v) is 5.53. The SMILES string of the molecule is COc1ccc(CO)cc1CN1CCc2ccccc2C1. The molecule has 0 aromatic heterocycles. The summed E-state index contributed by atoms with van der Waals surface area (Å²) in [5.41, 5.74) is 4.96. The van der Waals surface area contributed by atoms with Crippen molar-refractivity contribution < 1.29 is 9.84 Å². The van der Waals surface area contributed by atoms with Crippen molar-refractivity contribution in [3.05, 3.63) is 64.7 Å². The largest absolute Gasteiger partial charge is 0.496 e. The highest BCUT2D eigenvalue weighted by molar-refractivity contribution is 5.37. The van der Waals surface area contributed by atoms with Crippen LogP contribution in [-0.2, 0) is 26.1 Å². The third kappa shape index (κ3) is 3.09. The summed E-state index contributed by atoms with van der Waals surface area (Å²) in [7, 11) is 1.70. The summed E-state index contributed by atoms with van der Waals surface area (Å²) in [4.78, 5) is 2.43. The van der Waals surface area contributed by atoms with Crippen molar-refractivity contribution in [1.29, 1.82) is 0 Å². The topological polar surface area (TPSA) is 32.7 Å². The molecular weight excluding hydrogens is 262 g/mol. The summed E-state index contributed by atoms with van der Waals surface area (Å²) in [6, 6.07) is 14.5. The second kappa shape index (κ2) is 6.29. The number of hydrogen-bond acceptors (Lipinski definition) is 3. The van der Waals surface area contributed by atoms with Gasteiger partial charge in [-0.3, -0.25) is 4.90 Å². The summed E-state index contributed by atoms with van der Waals surface area (Å²) in [6.07, 6.45) is 1.10. The monoisotopic (exact) mass is 283 g/mol. The van der Waals surface area contributed by atoms with Gasteiger partial charge in [-0.2, -0.15) is 0 Å². The molecule has 2 aromatic carbocycles. The predicted molar refractivity (Wildman–Crippen MR) is 83.2 cm³/mol. The van der Waals surface area contributed by atoms with Gasteiger partial charge < -0.3 is 9.84 Å². The minimum absolute atomic E-state index is 0.0693. The van der Waals surface area contributed by atoms with Crippen molar-refractivity contribution >= 4 is 0 Å². The van der Waals surface area contributed by atoms with Crippen LogP contribution in [0.15, 0.2) is 42.5 Å². The van der Waals surface area contributed by atoms with Crippen molar-refractivity contribution in [3.63, 3.8) is 0 Å². The van der Waals surface area contributed by atoms with Crippen LogP contribution >= 0.6 is 0 Å². The number of nitrogens with zero attached hydrogens (tertiary/aromatic N) is 1. The summed E-state index contributed by atoms with van der Waals surface area (Å²) in [5, 5.41) is 9.31. The normalized spacial score (nSPS) is 14.8. The van der Waals surface area contributed by atoms with Gasteiger partial charge in [0, 0.05) is 25.2 Å². The summed E-state index contributed by atoms with van der Waals surface area (Å²) in [6.45, 7) is 2.96. The molecule has 3 nitrogen and oxygen atoms in total. The third-order valence-corrected chi connectivity index (χ3v) is 4.13. The average molecular weight is 283 g/mol. The number of benzene rings is 2. The van der Waals surface area contributed by atoms with E-state index >= 15 is 0 Å². The number of methoxy groups -OCH3 is 1. The number of aliphatic hydroxyl groups excluding tert-OH is 1. The molecule has 0 amide bonds. The fourth-order valence-electron chi connectivity index (χ4n) is 2.98. The second-order valence-electron chi connectivity index (χ2n) is 5.53. The first-order valence-electron chi connectivity index (χ1n) is 7.36. The van der Waals surface area contributed by atoms with E-state index in [1.807, 2.05) is 18.2 Å². The van der Waals surface area contributed by atoms with Crippen LogP contribution in [0.2, 0.25) is 0 Å². The lowest BCUT2D eigenvalue weighted by Crippen LogP contribution is -2.30.